The van der Waals surface area contributed by atoms with Gasteiger partial charge in [0.15, 0.2) is 0 Å². The van der Waals surface area contributed by atoms with Gasteiger partial charge in [0.1, 0.15) is 0 Å². The van der Waals surface area contributed by atoms with Crippen LogP contribution in [0.4, 0.5) is 0 Å². The second-order valence-corrected chi connectivity index (χ2v) is 3.93. The molecule has 0 aromatic carbocycles. The van der Waals surface area contributed by atoms with E-state index in [4.69, 9.17) is 0 Å². The molecule has 3 heteroatoms. The van der Waals surface area contributed by atoms with E-state index < -0.39 is 6.10 Å². The van der Waals surface area contributed by atoms with Crippen molar-refractivity contribution in [3.05, 3.63) is 18.0 Å². The molecule has 0 spiro atoms. The summed E-state index contributed by atoms with van der Waals surface area (Å²) in [6.07, 6.45) is 1.30. The molecule has 2 unspecified atom stereocenters. The van der Waals surface area contributed by atoms with Gasteiger partial charge in [-0.15, -0.1) is 0 Å². The van der Waals surface area contributed by atoms with Crippen molar-refractivity contribution in [3.8, 4) is 0 Å². The molecule has 15 heavy (non-hydrogen) atoms. The van der Waals surface area contributed by atoms with Gasteiger partial charge in [0.2, 0.25) is 0 Å². The van der Waals surface area contributed by atoms with Crippen LogP contribution in [0.15, 0.2) is 12.3 Å². The highest BCUT2D eigenvalue weighted by Gasteiger charge is 2.21. The van der Waals surface area contributed by atoms with Crippen molar-refractivity contribution in [3.63, 3.8) is 0 Å². The third-order valence-corrected chi connectivity index (χ3v) is 2.71. The third-order valence-electron chi connectivity index (χ3n) is 2.71. The molecule has 0 fully saturated rings. The Morgan fingerprint density at radius 1 is 1.27 bits per heavy atom. The summed E-state index contributed by atoms with van der Waals surface area (Å²) in [6.45, 7) is 10.3. The van der Waals surface area contributed by atoms with Gasteiger partial charge >= 0.3 is 0 Å². The minimum Gasteiger partial charge on any atom is -0.387 e. The van der Waals surface area contributed by atoms with Gasteiger partial charge in [-0.25, -0.2) is 0 Å². The average molecular weight is 212 g/mol. The van der Waals surface area contributed by atoms with Crippen LogP contribution < -0.4 is 0 Å². The molecule has 0 aliphatic rings. The lowest BCUT2D eigenvalue weighted by Crippen LogP contribution is -2.17. The first-order chi connectivity index (χ1) is 7.04. The van der Waals surface area contributed by atoms with Crippen molar-refractivity contribution in [2.24, 2.45) is 18.9 Å². The number of aryl methyl sites for hydroxylation is 1. The maximum absolute atomic E-state index is 9.97. The number of nitrogens with zero attached hydrogens (tertiary/aromatic N) is 2. The molecule has 0 aliphatic carbocycles. The number of rotatable bonds is 3. The SMILES string of the molecule is CC.CC(C)C(C)C(O)c1ccnn1C. The standard InChI is InChI=1S/C10H18N2O.C2H6/c1-7(2)8(3)10(13)9-5-6-11-12(9)4;1-2/h5-8,10,13H,1-4H3;1-2H3. The van der Waals surface area contributed by atoms with Gasteiger partial charge in [0.25, 0.3) is 0 Å². The number of aliphatic hydroxyl groups is 1. The van der Waals surface area contributed by atoms with E-state index in [1.165, 1.54) is 0 Å². The predicted octanol–water partition coefficient (Wildman–Crippen LogP) is 2.77. The van der Waals surface area contributed by atoms with Crippen LogP contribution in [-0.4, -0.2) is 14.9 Å². The van der Waals surface area contributed by atoms with Crippen molar-refractivity contribution < 1.29 is 5.11 Å². The Hall–Kier alpha value is -0.830. The summed E-state index contributed by atoms with van der Waals surface area (Å²) in [5.41, 5.74) is 0.890. The molecule has 0 bridgehead atoms. The summed E-state index contributed by atoms with van der Waals surface area (Å²) in [5.74, 6) is 0.736. The lowest BCUT2D eigenvalue weighted by atomic mass is 9.90. The third kappa shape index (κ3) is 3.67. The fourth-order valence-corrected chi connectivity index (χ4v) is 1.31. The Bertz CT molecular complexity index is 268. The predicted molar refractivity (Wildman–Crippen MR) is 63.5 cm³/mol. The lowest BCUT2D eigenvalue weighted by Gasteiger charge is -2.22. The zero-order valence-corrected chi connectivity index (χ0v) is 10.7. The van der Waals surface area contributed by atoms with Crippen molar-refractivity contribution >= 4 is 0 Å². The molecule has 0 radical (unpaired) electrons. The summed E-state index contributed by atoms with van der Waals surface area (Å²) in [6, 6.07) is 1.86. The highest BCUT2D eigenvalue weighted by molar-refractivity contribution is 5.05. The summed E-state index contributed by atoms with van der Waals surface area (Å²) in [5, 5.41) is 14.0. The summed E-state index contributed by atoms with van der Waals surface area (Å²) in [4.78, 5) is 0. The van der Waals surface area contributed by atoms with Gasteiger partial charge in [-0.05, 0) is 17.9 Å². The molecule has 0 amide bonds. The van der Waals surface area contributed by atoms with E-state index in [2.05, 4.69) is 25.9 Å². The first-order valence-corrected chi connectivity index (χ1v) is 5.70. The first-order valence-electron chi connectivity index (χ1n) is 5.70. The van der Waals surface area contributed by atoms with Gasteiger partial charge in [0, 0.05) is 13.2 Å². The van der Waals surface area contributed by atoms with Crippen LogP contribution in [0.5, 0.6) is 0 Å². The van der Waals surface area contributed by atoms with Crippen LogP contribution in [0, 0.1) is 11.8 Å². The van der Waals surface area contributed by atoms with Crippen LogP contribution >= 0.6 is 0 Å². The fraction of sp³-hybridized carbons (Fsp3) is 0.750. The maximum Gasteiger partial charge on any atom is 0.0984 e. The van der Waals surface area contributed by atoms with E-state index in [-0.39, 0.29) is 5.92 Å². The molecule has 1 heterocycles. The van der Waals surface area contributed by atoms with Crippen molar-refractivity contribution in [1.29, 1.82) is 0 Å². The largest absolute Gasteiger partial charge is 0.387 e. The van der Waals surface area contributed by atoms with Gasteiger partial charge in [-0.1, -0.05) is 34.6 Å². The van der Waals surface area contributed by atoms with Gasteiger partial charge < -0.3 is 5.11 Å². The fourth-order valence-electron chi connectivity index (χ4n) is 1.31. The highest BCUT2D eigenvalue weighted by Crippen LogP contribution is 2.26. The molecule has 0 saturated heterocycles. The molecular formula is C12H24N2O. The topological polar surface area (TPSA) is 38.1 Å². The van der Waals surface area contributed by atoms with Crippen molar-refractivity contribution in [2.75, 3.05) is 0 Å². The molecule has 88 valence electrons. The zero-order chi connectivity index (χ0) is 12.0. The number of hydrogen-bond acceptors (Lipinski definition) is 2. The Labute approximate surface area is 93.1 Å². The Morgan fingerprint density at radius 2 is 1.80 bits per heavy atom. The minimum atomic E-state index is -0.410. The second-order valence-electron chi connectivity index (χ2n) is 3.93. The second kappa shape index (κ2) is 6.62. The van der Waals surface area contributed by atoms with Crippen LogP contribution in [0.25, 0.3) is 0 Å². The number of aromatic nitrogens is 2. The number of aliphatic hydroxyl groups excluding tert-OH is 1. The van der Waals surface area contributed by atoms with E-state index >= 15 is 0 Å². The highest BCUT2D eigenvalue weighted by atomic mass is 16.3. The minimum absolute atomic E-state index is 0.260. The quantitative estimate of drug-likeness (QED) is 0.836. The normalized spacial score (nSPS) is 14.4. The monoisotopic (exact) mass is 212 g/mol. The Balaban J connectivity index is 0.000000921. The smallest absolute Gasteiger partial charge is 0.0984 e. The molecule has 2 atom stereocenters. The van der Waals surface area contributed by atoms with Crippen molar-refractivity contribution in [2.45, 2.75) is 40.7 Å². The molecule has 0 saturated carbocycles. The van der Waals surface area contributed by atoms with Crippen LogP contribution in [0.1, 0.15) is 46.4 Å². The summed E-state index contributed by atoms with van der Waals surface area (Å²) < 4.78 is 1.73. The Kier molecular flexibility index (Phi) is 6.25. The van der Waals surface area contributed by atoms with E-state index in [9.17, 15) is 5.11 Å². The van der Waals surface area contributed by atoms with Gasteiger partial charge in [-0.2, -0.15) is 5.10 Å². The van der Waals surface area contributed by atoms with Crippen LogP contribution in [-0.2, 0) is 7.05 Å². The zero-order valence-electron chi connectivity index (χ0n) is 10.7. The summed E-state index contributed by atoms with van der Waals surface area (Å²) >= 11 is 0. The Morgan fingerprint density at radius 3 is 2.13 bits per heavy atom. The molecular weight excluding hydrogens is 188 g/mol. The van der Waals surface area contributed by atoms with E-state index in [1.54, 1.807) is 10.9 Å². The van der Waals surface area contributed by atoms with E-state index in [0.717, 1.165) is 5.69 Å². The first kappa shape index (κ1) is 14.2. The van der Waals surface area contributed by atoms with Gasteiger partial charge in [-0.3, -0.25) is 4.68 Å². The van der Waals surface area contributed by atoms with Crippen LogP contribution in [0.2, 0.25) is 0 Å². The molecule has 0 aliphatic heterocycles. The molecule has 1 aromatic rings. The average Bonchev–Trinajstić information content (AvgIpc) is 2.65. The summed E-state index contributed by atoms with van der Waals surface area (Å²) in [7, 11) is 1.85. The van der Waals surface area contributed by atoms with Crippen molar-refractivity contribution in [1.82, 2.24) is 9.78 Å². The number of hydrogen-bond donors (Lipinski definition) is 1. The molecule has 3 nitrogen and oxygen atoms in total. The van der Waals surface area contributed by atoms with E-state index in [1.807, 2.05) is 27.0 Å². The lowest BCUT2D eigenvalue weighted by molar-refractivity contribution is 0.0846. The van der Waals surface area contributed by atoms with Gasteiger partial charge in [0.05, 0.1) is 11.8 Å². The molecule has 1 rings (SSSR count). The van der Waals surface area contributed by atoms with Crippen LogP contribution in [0.3, 0.4) is 0 Å². The molecule has 1 aromatic heterocycles. The van der Waals surface area contributed by atoms with E-state index in [0.29, 0.717) is 5.92 Å². The molecule has 1 N–H and O–H groups in total. The maximum atomic E-state index is 9.97.